The average molecular weight is 262 g/mol. The molecule has 1 fully saturated rings. The van der Waals surface area contributed by atoms with Gasteiger partial charge >= 0.3 is 0 Å². The molecule has 1 atom stereocenters. The second-order valence-corrected chi connectivity index (χ2v) is 4.98. The minimum Gasteiger partial charge on any atom is -0.395 e. The topological polar surface area (TPSA) is 93.1 Å². The van der Waals surface area contributed by atoms with E-state index in [2.05, 4.69) is 20.0 Å². The van der Waals surface area contributed by atoms with Crippen LogP contribution in [0.15, 0.2) is 6.20 Å². The predicted molar refractivity (Wildman–Crippen MR) is 71.2 cm³/mol. The maximum atomic E-state index is 9.33. The zero-order valence-corrected chi connectivity index (χ0v) is 11.0. The standard InChI is InChI=1S/C12H18N6O/c1-17-12-9(5-14-17)11(13)15-10(16-12)6-18-4-2-3-8(18)7-19/h5,8,19H,2-4,6-7H2,1H3,(H2,13,15,16). The third kappa shape index (κ3) is 2.15. The van der Waals surface area contributed by atoms with E-state index in [4.69, 9.17) is 5.73 Å². The van der Waals surface area contributed by atoms with Crippen molar-refractivity contribution < 1.29 is 5.11 Å². The van der Waals surface area contributed by atoms with E-state index in [9.17, 15) is 5.11 Å². The van der Waals surface area contributed by atoms with Crippen LogP contribution in [0.2, 0.25) is 0 Å². The zero-order chi connectivity index (χ0) is 13.4. The summed E-state index contributed by atoms with van der Waals surface area (Å²) in [5.41, 5.74) is 6.69. The molecule has 1 unspecified atom stereocenters. The summed E-state index contributed by atoms with van der Waals surface area (Å²) >= 11 is 0. The molecule has 7 nitrogen and oxygen atoms in total. The third-order valence-corrected chi connectivity index (χ3v) is 3.72. The molecular weight excluding hydrogens is 244 g/mol. The molecule has 102 valence electrons. The maximum absolute atomic E-state index is 9.33. The van der Waals surface area contributed by atoms with Crippen LogP contribution in [0.5, 0.6) is 0 Å². The van der Waals surface area contributed by atoms with E-state index in [0.29, 0.717) is 18.2 Å². The summed E-state index contributed by atoms with van der Waals surface area (Å²) < 4.78 is 1.70. The van der Waals surface area contributed by atoms with Crippen LogP contribution in [0.4, 0.5) is 5.82 Å². The van der Waals surface area contributed by atoms with Crippen molar-refractivity contribution in [3.63, 3.8) is 0 Å². The fourth-order valence-electron chi connectivity index (χ4n) is 2.65. The summed E-state index contributed by atoms with van der Waals surface area (Å²) in [6.07, 6.45) is 3.81. The van der Waals surface area contributed by atoms with Crippen molar-refractivity contribution in [2.45, 2.75) is 25.4 Å². The molecule has 0 saturated carbocycles. The van der Waals surface area contributed by atoms with Crippen molar-refractivity contribution in [2.75, 3.05) is 18.9 Å². The van der Waals surface area contributed by atoms with Gasteiger partial charge in [0.05, 0.1) is 24.7 Å². The number of aliphatic hydroxyl groups excluding tert-OH is 1. The van der Waals surface area contributed by atoms with Crippen molar-refractivity contribution in [1.82, 2.24) is 24.6 Å². The molecule has 3 rings (SSSR count). The number of nitrogens with two attached hydrogens (primary N) is 1. The Bertz CT molecular complexity index is 595. The second kappa shape index (κ2) is 4.75. The lowest BCUT2D eigenvalue weighted by Crippen LogP contribution is -2.32. The highest BCUT2D eigenvalue weighted by Crippen LogP contribution is 2.21. The van der Waals surface area contributed by atoms with E-state index >= 15 is 0 Å². The van der Waals surface area contributed by atoms with E-state index < -0.39 is 0 Å². The molecule has 0 aromatic carbocycles. The van der Waals surface area contributed by atoms with Crippen LogP contribution in [0, 0.1) is 0 Å². The molecule has 19 heavy (non-hydrogen) atoms. The Morgan fingerprint density at radius 3 is 3.11 bits per heavy atom. The zero-order valence-electron chi connectivity index (χ0n) is 11.0. The van der Waals surface area contributed by atoms with Gasteiger partial charge in [-0.2, -0.15) is 5.10 Å². The van der Waals surface area contributed by atoms with Gasteiger partial charge in [0.15, 0.2) is 5.65 Å². The summed E-state index contributed by atoms with van der Waals surface area (Å²) in [6.45, 7) is 1.78. The van der Waals surface area contributed by atoms with E-state index in [1.165, 1.54) is 0 Å². The second-order valence-electron chi connectivity index (χ2n) is 4.98. The first-order chi connectivity index (χ1) is 9.19. The SMILES string of the molecule is Cn1ncc2c(N)nc(CN3CCCC3CO)nc21. The number of aryl methyl sites for hydroxylation is 1. The molecule has 2 aromatic rings. The number of fused-ring (bicyclic) bond motifs is 1. The molecule has 0 amide bonds. The van der Waals surface area contributed by atoms with Crippen molar-refractivity contribution in [3.8, 4) is 0 Å². The fourth-order valence-corrected chi connectivity index (χ4v) is 2.65. The van der Waals surface area contributed by atoms with E-state index in [1.807, 2.05) is 7.05 Å². The number of aliphatic hydroxyl groups is 1. The Kier molecular flexibility index (Phi) is 3.08. The maximum Gasteiger partial charge on any atom is 0.163 e. The number of hydrogen-bond acceptors (Lipinski definition) is 6. The Labute approximate surface area is 111 Å². The number of nitrogen functional groups attached to an aromatic ring is 1. The van der Waals surface area contributed by atoms with Crippen LogP contribution in [0.25, 0.3) is 11.0 Å². The van der Waals surface area contributed by atoms with Gasteiger partial charge in [-0.1, -0.05) is 0 Å². The van der Waals surface area contributed by atoms with Gasteiger partial charge in [0, 0.05) is 13.1 Å². The lowest BCUT2D eigenvalue weighted by Gasteiger charge is -2.21. The molecule has 0 spiro atoms. The minimum absolute atomic E-state index is 0.184. The number of anilines is 1. The van der Waals surface area contributed by atoms with Crippen molar-refractivity contribution in [2.24, 2.45) is 7.05 Å². The van der Waals surface area contributed by atoms with Gasteiger partial charge in [-0.15, -0.1) is 0 Å². The molecule has 3 heterocycles. The summed E-state index contributed by atoms with van der Waals surface area (Å²) in [5, 5.41) is 14.3. The fraction of sp³-hybridized carbons (Fsp3) is 0.583. The third-order valence-electron chi connectivity index (χ3n) is 3.72. The smallest absolute Gasteiger partial charge is 0.163 e. The first-order valence-electron chi connectivity index (χ1n) is 6.48. The summed E-state index contributed by atoms with van der Waals surface area (Å²) in [4.78, 5) is 11.1. The lowest BCUT2D eigenvalue weighted by atomic mass is 10.2. The van der Waals surface area contributed by atoms with Crippen molar-refractivity contribution in [1.29, 1.82) is 0 Å². The molecular formula is C12H18N6O. The van der Waals surface area contributed by atoms with Crippen molar-refractivity contribution >= 4 is 16.9 Å². The van der Waals surface area contributed by atoms with Crippen LogP contribution in [0.3, 0.4) is 0 Å². The predicted octanol–water partition coefficient (Wildman–Crippen LogP) is -0.0978. The molecule has 1 saturated heterocycles. The van der Waals surface area contributed by atoms with Crippen molar-refractivity contribution in [3.05, 3.63) is 12.0 Å². The number of likely N-dealkylation sites (tertiary alicyclic amines) is 1. The van der Waals surface area contributed by atoms with Gasteiger partial charge in [-0.3, -0.25) is 9.58 Å². The summed E-state index contributed by atoms with van der Waals surface area (Å²) in [6, 6.07) is 0.215. The highest BCUT2D eigenvalue weighted by Gasteiger charge is 2.24. The van der Waals surface area contributed by atoms with Gasteiger partial charge in [0.25, 0.3) is 0 Å². The molecule has 1 aliphatic heterocycles. The Hall–Kier alpha value is -1.73. The Balaban J connectivity index is 1.90. The normalized spacial score (nSPS) is 20.4. The number of hydrogen-bond donors (Lipinski definition) is 2. The minimum atomic E-state index is 0.184. The number of nitrogens with zero attached hydrogens (tertiary/aromatic N) is 5. The Morgan fingerprint density at radius 1 is 1.47 bits per heavy atom. The van der Waals surface area contributed by atoms with Crippen LogP contribution < -0.4 is 5.73 Å². The van der Waals surface area contributed by atoms with Crippen LogP contribution in [-0.4, -0.2) is 48.9 Å². The van der Waals surface area contributed by atoms with Gasteiger partial charge in [-0.05, 0) is 19.4 Å². The molecule has 0 aliphatic carbocycles. The Morgan fingerprint density at radius 2 is 2.32 bits per heavy atom. The molecule has 2 aromatic heterocycles. The van der Waals surface area contributed by atoms with Gasteiger partial charge in [-0.25, -0.2) is 9.97 Å². The van der Waals surface area contributed by atoms with Crippen LogP contribution in [0.1, 0.15) is 18.7 Å². The van der Waals surface area contributed by atoms with Gasteiger partial charge in [0.2, 0.25) is 0 Å². The van der Waals surface area contributed by atoms with E-state index in [-0.39, 0.29) is 12.6 Å². The molecule has 3 N–H and O–H groups in total. The summed E-state index contributed by atoms with van der Waals surface area (Å²) in [7, 11) is 1.84. The number of rotatable bonds is 3. The van der Waals surface area contributed by atoms with Gasteiger partial charge < -0.3 is 10.8 Å². The monoisotopic (exact) mass is 262 g/mol. The first-order valence-corrected chi connectivity index (χ1v) is 6.48. The molecule has 7 heteroatoms. The number of aromatic nitrogens is 4. The quantitative estimate of drug-likeness (QED) is 0.802. The molecule has 0 radical (unpaired) electrons. The van der Waals surface area contributed by atoms with E-state index in [0.717, 1.165) is 30.4 Å². The molecule has 0 bridgehead atoms. The summed E-state index contributed by atoms with van der Waals surface area (Å²) in [5.74, 6) is 1.15. The van der Waals surface area contributed by atoms with Crippen LogP contribution in [-0.2, 0) is 13.6 Å². The first kappa shape index (κ1) is 12.3. The molecule has 1 aliphatic rings. The van der Waals surface area contributed by atoms with E-state index in [1.54, 1.807) is 10.9 Å². The highest BCUT2D eigenvalue weighted by atomic mass is 16.3. The lowest BCUT2D eigenvalue weighted by molar-refractivity contribution is 0.151. The average Bonchev–Trinajstić information content (AvgIpc) is 2.97. The van der Waals surface area contributed by atoms with Gasteiger partial charge in [0.1, 0.15) is 11.6 Å². The van der Waals surface area contributed by atoms with Crippen LogP contribution >= 0.6 is 0 Å². The largest absolute Gasteiger partial charge is 0.395 e. The highest BCUT2D eigenvalue weighted by molar-refractivity contribution is 5.84.